The van der Waals surface area contributed by atoms with E-state index in [0.717, 1.165) is 19.3 Å². The third-order valence-electron chi connectivity index (χ3n) is 7.33. The molecular formula is C33H53N. The van der Waals surface area contributed by atoms with E-state index in [1.807, 2.05) is 0 Å². The monoisotopic (exact) mass is 463 g/mol. The van der Waals surface area contributed by atoms with Crippen molar-refractivity contribution in [3.8, 4) is 0 Å². The van der Waals surface area contributed by atoms with Gasteiger partial charge in [0.25, 0.3) is 0 Å². The molecule has 0 aliphatic carbocycles. The zero-order valence-corrected chi connectivity index (χ0v) is 22.3. The van der Waals surface area contributed by atoms with Crippen LogP contribution in [0.2, 0.25) is 0 Å². The van der Waals surface area contributed by atoms with Crippen molar-refractivity contribution in [2.24, 2.45) is 5.73 Å². The van der Waals surface area contributed by atoms with Crippen LogP contribution in [0, 0.1) is 0 Å². The highest BCUT2D eigenvalue weighted by atomic mass is 14.7. The number of benzene rings is 2. The Hall–Kier alpha value is -1.60. The molecule has 0 aromatic heterocycles. The van der Waals surface area contributed by atoms with Gasteiger partial charge in [-0.2, -0.15) is 0 Å². The highest BCUT2D eigenvalue weighted by Crippen LogP contribution is 2.24. The fraction of sp³-hybridized carbons (Fsp3) is 0.636. The number of hydrogen-bond acceptors (Lipinski definition) is 1. The van der Waals surface area contributed by atoms with Crippen molar-refractivity contribution in [3.05, 3.63) is 71.8 Å². The van der Waals surface area contributed by atoms with Gasteiger partial charge in [0.05, 0.1) is 0 Å². The molecule has 0 heterocycles. The van der Waals surface area contributed by atoms with Gasteiger partial charge in [0, 0.05) is 5.54 Å². The molecule has 2 aromatic rings. The molecule has 0 radical (unpaired) electrons. The van der Waals surface area contributed by atoms with Crippen molar-refractivity contribution in [1.82, 2.24) is 0 Å². The summed E-state index contributed by atoms with van der Waals surface area (Å²) in [6.07, 6.45) is 25.6. The molecular weight excluding hydrogens is 410 g/mol. The maximum Gasteiger partial charge on any atom is 0.0235 e. The van der Waals surface area contributed by atoms with Crippen LogP contribution in [0.15, 0.2) is 60.7 Å². The van der Waals surface area contributed by atoms with Gasteiger partial charge < -0.3 is 5.73 Å². The van der Waals surface area contributed by atoms with E-state index in [4.69, 9.17) is 5.73 Å². The van der Waals surface area contributed by atoms with Gasteiger partial charge in [-0.05, 0) is 30.4 Å². The van der Waals surface area contributed by atoms with Crippen LogP contribution in [-0.2, 0) is 12.8 Å². The lowest BCUT2D eigenvalue weighted by molar-refractivity contribution is 0.367. The lowest BCUT2D eigenvalue weighted by Gasteiger charge is -2.30. The van der Waals surface area contributed by atoms with Crippen LogP contribution in [0.1, 0.15) is 127 Å². The number of hydrogen-bond donors (Lipinski definition) is 1. The molecule has 2 aromatic carbocycles. The molecule has 1 nitrogen and oxygen atoms in total. The first kappa shape index (κ1) is 28.6. The lowest BCUT2D eigenvalue weighted by atomic mass is 9.81. The Kier molecular flexibility index (Phi) is 15.7. The zero-order valence-electron chi connectivity index (χ0n) is 22.3. The van der Waals surface area contributed by atoms with E-state index in [0.29, 0.717) is 0 Å². The molecule has 0 saturated heterocycles. The minimum atomic E-state index is -0.154. The minimum Gasteiger partial charge on any atom is -0.324 e. The summed E-state index contributed by atoms with van der Waals surface area (Å²) in [5, 5.41) is 0. The average Bonchev–Trinajstić information content (AvgIpc) is 2.85. The molecule has 0 fully saturated rings. The van der Waals surface area contributed by atoms with Gasteiger partial charge in [-0.25, -0.2) is 0 Å². The van der Waals surface area contributed by atoms with Crippen LogP contribution in [0.4, 0.5) is 0 Å². The summed E-state index contributed by atoms with van der Waals surface area (Å²) in [7, 11) is 0. The Balaban J connectivity index is 1.53. The number of unbranched alkanes of at least 4 members (excludes halogenated alkanes) is 15. The van der Waals surface area contributed by atoms with Crippen molar-refractivity contribution in [3.63, 3.8) is 0 Å². The van der Waals surface area contributed by atoms with Crippen LogP contribution in [-0.4, -0.2) is 5.54 Å². The van der Waals surface area contributed by atoms with Crippen LogP contribution in [0.25, 0.3) is 0 Å². The van der Waals surface area contributed by atoms with Gasteiger partial charge in [-0.15, -0.1) is 0 Å². The predicted octanol–water partition coefficient (Wildman–Crippen LogP) is 9.82. The largest absolute Gasteiger partial charge is 0.324 e. The molecule has 190 valence electrons. The van der Waals surface area contributed by atoms with Crippen molar-refractivity contribution in [1.29, 1.82) is 0 Å². The van der Waals surface area contributed by atoms with Crippen LogP contribution in [0.3, 0.4) is 0 Å². The molecule has 0 amide bonds. The smallest absolute Gasteiger partial charge is 0.0235 e. The van der Waals surface area contributed by atoms with Gasteiger partial charge in [-0.1, -0.05) is 170 Å². The Morgan fingerprint density at radius 1 is 0.471 bits per heavy atom. The summed E-state index contributed by atoms with van der Waals surface area (Å²) >= 11 is 0. The molecule has 0 aliphatic heterocycles. The van der Waals surface area contributed by atoms with Crippen molar-refractivity contribution >= 4 is 0 Å². The normalized spacial score (nSPS) is 11.7. The molecule has 1 heteroatoms. The van der Waals surface area contributed by atoms with Gasteiger partial charge in [-0.3, -0.25) is 0 Å². The van der Waals surface area contributed by atoms with Crippen LogP contribution in [0.5, 0.6) is 0 Å². The Bertz CT molecular complexity index is 652. The van der Waals surface area contributed by atoms with Crippen molar-refractivity contribution in [2.45, 2.75) is 134 Å². The molecule has 0 spiro atoms. The van der Waals surface area contributed by atoms with Crippen LogP contribution < -0.4 is 5.73 Å². The zero-order chi connectivity index (χ0) is 24.2. The molecule has 0 atom stereocenters. The van der Waals surface area contributed by atoms with E-state index in [-0.39, 0.29) is 5.54 Å². The topological polar surface area (TPSA) is 26.0 Å². The summed E-state index contributed by atoms with van der Waals surface area (Å²) in [4.78, 5) is 0. The van der Waals surface area contributed by atoms with E-state index in [1.165, 1.54) is 114 Å². The first-order chi connectivity index (χ1) is 16.7. The fourth-order valence-corrected chi connectivity index (χ4v) is 5.27. The third-order valence-corrected chi connectivity index (χ3v) is 7.33. The van der Waals surface area contributed by atoms with E-state index >= 15 is 0 Å². The first-order valence-corrected chi connectivity index (χ1v) is 14.6. The summed E-state index contributed by atoms with van der Waals surface area (Å²) in [5.74, 6) is 0. The molecule has 0 bridgehead atoms. The second kappa shape index (κ2) is 18.7. The second-order valence-corrected chi connectivity index (χ2v) is 10.7. The third kappa shape index (κ3) is 14.0. The van der Waals surface area contributed by atoms with E-state index in [2.05, 4.69) is 67.6 Å². The van der Waals surface area contributed by atoms with Gasteiger partial charge in [0.2, 0.25) is 0 Å². The maximum absolute atomic E-state index is 7.02. The molecule has 0 saturated carbocycles. The summed E-state index contributed by atoms with van der Waals surface area (Å²) in [5.41, 5.74) is 9.59. The van der Waals surface area contributed by atoms with Crippen molar-refractivity contribution < 1.29 is 0 Å². The highest BCUT2D eigenvalue weighted by Gasteiger charge is 2.25. The predicted molar refractivity (Wildman–Crippen MR) is 151 cm³/mol. The summed E-state index contributed by atoms with van der Waals surface area (Å²) in [6, 6.07) is 21.6. The highest BCUT2D eigenvalue weighted by molar-refractivity contribution is 5.22. The molecule has 2 N–H and O–H groups in total. The SMILES string of the molecule is CCCCCCCCCCCCCCCCCCC(N)(Cc1ccccc1)Cc1ccccc1. The van der Waals surface area contributed by atoms with E-state index in [1.54, 1.807) is 0 Å². The molecule has 2 rings (SSSR count). The minimum absolute atomic E-state index is 0.154. The Morgan fingerprint density at radius 3 is 1.15 bits per heavy atom. The van der Waals surface area contributed by atoms with Crippen LogP contribution >= 0.6 is 0 Å². The first-order valence-electron chi connectivity index (χ1n) is 14.6. The molecule has 34 heavy (non-hydrogen) atoms. The maximum atomic E-state index is 7.02. The quantitative estimate of drug-likeness (QED) is 0.183. The van der Waals surface area contributed by atoms with Gasteiger partial charge >= 0.3 is 0 Å². The average molecular weight is 464 g/mol. The van der Waals surface area contributed by atoms with E-state index < -0.39 is 0 Å². The lowest BCUT2D eigenvalue weighted by Crippen LogP contribution is -2.44. The molecule has 0 unspecified atom stereocenters. The number of nitrogens with two attached hydrogens (primary N) is 1. The van der Waals surface area contributed by atoms with Crippen molar-refractivity contribution in [2.75, 3.05) is 0 Å². The summed E-state index contributed by atoms with van der Waals surface area (Å²) in [6.45, 7) is 2.30. The fourth-order valence-electron chi connectivity index (χ4n) is 5.27. The second-order valence-electron chi connectivity index (χ2n) is 10.7. The van der Waals surface area contributed by atoms with Gasteiger partial charge in [0.15, 0.2) is 0 Å². The Labute approximate surface area is 211 Å². The molecule has 0 aliphatic rings. The number of rotatable bonds is 21. The standard InChI is InChI=1S/C33H53N/c1-2-3-4-5-6-7-8-9-10-11-12-13-14-15-16-23-28-33(34,29-31-24-19-17-20-25-31)30-32-26-21-18-22-27-32/h17-22,24-27H,2-16,23,28-30,34H2,1H3. The van der Waals surface area contributed by atoms with Gasteiger partial charge in [0.1, 0.15) is 0 Å². The summed E-state index contributed by atoms with van der Waals surface area (Å²) < 4.78 is 0. The Morgan fingerprint density at radius 2 is 0.794 bits per heavy atom. The van der Waals surface area contributed by atoms with E-state index in [9.17, 15) is 0 Å².